The van der Waals surface area contributed by atoms with Crippen molar-refractivity contribution < 1.29 is 33.1 Å². The zero-order valence-electron chi connectivity index (χ0n) is 27.0. The van der Waals surface area contributed by atoms with Gasteiger partial charge in [-0.25, -0.2) is 9.59 Å². The molecule has 3 heterocycles. The lowest BCUT2D eigenvalue weighted by molar-refractivity contribution is -0.199. The smallest absolute Gasteiger partial charge is 0.452 e. The fraction of sp³-hybridized carbons (Fsp3) is 0.758. The van der Waals surface area contributed by atoms with E-state index in [1.165, 1.54) is 6.42 Å². The zero-order valence-corrected chi connectivity index (χ0v) is 27.8. The first-order valence-electron chi connectivity index (χ1n) is 16.0. The summed E-state index contributed by atoms with van der Waals surface area (Å²) in [6.07, 6.45) is 3.15. The Kier molecular flexibility index (Phi) is 6.62. The minimum absolute atomic E-state index is 0.160. The van der Waals surface area contributed by atoms with Crippen LogP contribution in [0.1, 0.15) is 103 Å². The van der Waals surface area contributed by atoms with Crippen molar-refractivity contribution in [2.45, 2.75) is 127 Å². The molecule has 2 saturated heterocycles. The van der Waals surface area contributed by atoms with Crippen LogP contribution in [0.25, 0.3) is 0 Å². The van der Waals surface area contributed by atoms with Crippen molar-refractivity contribution in [3.8, 4) is 5.75 Å². The van der Waals surface area contributed by atoms with E-state index in [1.54, 1.807) is 30.5 Å². The molecule has 43 heavy (non-hydrogen) atoms. The Bertz CT molecular complexity index is 1350. The van der Waals surface area contributed by atoms with Gasteiger partial charge in [0.05, 0.1) is 11.7 Å². The second-order valence-electron chi connectivity index (χ2n) is 16.1. The topological polar surface area (TPSA) is 83.5 Å². The second kappa shape index (κ2) is 9.55. The lowest BCUT2D eigenvalue weighted by atomic mass is 9.43. The average molecular weight is 612 g/mol. The van der Waals surface area contributed by atoms with Gasteiger partial charge in [0.15, 0.2) is 0 Å². The molecule has 3 aliphatic heterocycles. The van der Waals surface area contributed by atoms with Crippen molar-refractivity contribution in [1.82, 2.24) is 4.90 Å². The maximum atomic E-state index is 13.4. The molecule has 6 fully saturated rings. The van der Waals surface area contributed by atoms with Crippen LogP contribution in [0.15, 0.2) is 17.0 Å². The number of rotatable bonds is 5. The summed E-state index contributed by atoms with van der Waals surface area (Å²) in [6.45, 7) is 19.7. The monoisotopic (exact) mass is 611 g/mol. The minimum Gasteiger partial charge on any atom is -0.452 e. The largest absolute Gasteiger partial charge is 0.461 e. The highest BCUT2D eigenvalue weighted by atomic mass is 32.2. The number of amides is 1. The lowest BCUT2D eigenvalue weighted by Crippen LogP contribution is -2.65. The maximum absolute atomic E-state index is 13.4. The van der Waals surface area contributed by atoms with Gasteiger partial charge in [0.25, 0.3) is 0 Å². The molecule has 2 bridgehead atoms. The maximum Gasteiger partial charge on any atom is 0.461 e. The van der Waals surface area contributed by atoms with E-state index < -0.39 is 11.4 Å². The van der Waals surface area contributed by atoms with Crippen molar-refractivity contribution in [2.24, 2.45) is 23.2 Å². The molecule has 1 aromatic rings. The van der Waals surface area contributed by atoms with Crippen molar-refractivity contribution in [2.75, 3.05) is 13.1 Å². The van der Waals surface area contributed by atoms with E-state index in [0.717, 1.165) is 23.3 Å². The van der Waals surface area contributed by atoms with Crippen molar-refractivity contribution in [1.29, 1.82) is 0 Å². The zero-order chi connectivity index (χ0) is 30.9. The highest BCUT2D eigenvalue weighted by Crippen LogP contribution is 2.68. The third-order valence-corrected chi connectivity index (χ3v) is 12.5. The van der Waals surface area contributed by atoms with Gasteiger partial charge in [-0.05, 0) is 81.8 Å². The summed E-state index contributed by atoms with van der Waals surface area (Å²) >= 11 is 1.65. The molecular weight excluding hydrogens is 565 g/mol. The number of fused-ring (bicyclic) bond motifs is 1. The predicted octanol–water partition coefficient (Wildman–Crippen LogP) is 6.91. The van der Waals surface area contributed by atoms with Gasteiger partial charge in [-0.3, -0.25) is 0 Å². The van der Waals surface area contributed by atoms with Crippen LogP contribution in [-0.2, 0) is 18.8 Å². The van der Waals surface area contributed by atoms with Gasteiger partial charge in [-0.15, -0.1) is 11.8 Å². The third kappa shape index (κ3) is 4.89. The molecule has 1 aromatic carbocycles. The number of nitrogens with zero attached hydrogens (tertiary/aromatic N) is 1. The summed E-state index contributed by atoms with van der Waals surface area (Å²) in [4.78, 5) is 28.5. The normalized spacial score (nSPS) is 35.9. The number of ether oxygens (including phenoxy) is 3. The van der Waals surface area contributed by atoms with E-state index in [1.807, 2.05) is 26.8 Å². The molecule has 0 radical (unpaired) electrons. The number of thioether (sulfide) groups is 1. The van der Waals surface area contributed by atoms with Crippen LogP contribution in [0.2, 0.25) is 5.82 Å². The molecule has 234 valence electrons. The summed E-state index contributed by atoms with van der Waals surface area (Å²) in [5.41, 5.74) is 1.12. The Morgan fingerprint density at radius 1 is 1.09 bits per heavy atom. The third-order valence-electron chi connectivity index (χ3n) is 11.1. The Morgan fingerprint density at radius 3 is 2.49 bits per heavy atom. The van der Waals surface area contributed by atoms with Crippen molar-refractivity contribution in [3.63, 3.8) is 0 Å². The summed E-state index contributed by atoms with van der Waals surface area (Å²) in [7, 11) is -0.227. The molecule has 0 aromatic heterocycles. The molecular formula is C33H46BNO7S. The van der Waals surface area contributed by atoms with Crippen LogP contribution in [0, 0.1) is 23.2 Å². The van der Waals surface area contributed by atoms with Crippen LogP contribution < -0.4 is 4.74 Å². The second-order valence-corrected chi connectivity index (χ2v) is 17.5. The van der Waals surface area contributed by atoms with Crippen molar-refractivity contribution in [3.05, 3.63) is 23.3 Å². The lowest BCUT2D eigenvalue weighted by Gasteiger charge is -2.64. The average Bonchev–Trinajstić information content (AvgIpc) is 3.54. The molecule has 7 aliphatic rings. The molecule has 0 unspecified atom stereocenters. The van der Waals surface area contributed by atoms with Crippen LogP contribution >= 0.6 is 11.8 Å². The number of benzene rings is 1. The van der Waals surface area contributed by atoms with Crippen LogP contribution in [-0.4, -0.2) is 65.5 Å². The molecule has 0 spiro atoms. The fourth-order valence-electron chi connectivity index (χ4n) is 8.35. The van der Waals surface area contributed by atoms with Crippen LogP contribution in [0.3, 0.4) is 0 Å². The van der Waals surface area contributed by atoms with E-state index in [-0.39, 0.29) is 47.9 Å². The Hall–Kier alpha value is -1.91. The van der Waals surface area contributed by atoms with Gasteiger partial charge in [0, 0.05) is 48.8 Å². The Morgan fingerprint density at radius 2 is 1.81 bits per heavy atom. The number of likely N-dealkylation sites (tertiary alicyclic amines) is 1. The minimum atomic E-state index is -1.05. The van der Waals surface area contributed by atoms with Gasteiger partial charge in [0.1, 0.15) is 16.9 Å². The molecule has 10 heteroatoms. The molecule has 0 N–H and O–H groups in total. The van der Waals surface area contributed by atoms with Crippen LogP contribution in [0.4, 0.5) is 4.79 Å². The van der Waals surface area contributed by atoms with E-state index in [0.29, 0.717) is 47.6 Å². The first-order chi connectivity index (χ1) is 20.0. The highest BCUT2D eigenvalue weighted by Gasteiger charge is 2.70. The Balaban J connectivity index is 1.07. The Labute approximate surface area is 260 Å². The number of carbonyl (C=O) groups excluding carboxylic acids is 2. The van der Waals surface area contributed by atoms with Gasteiger partial charge >= 0.3 is 19.2 Å². The van der Waals surface area contributed by atoms with Gasteiger partial charge < -0.3 is 28.4 Å². The van der Waals surface area contributed by atoms with E-state index in [9.17, 15) is 9.59 Å². The number of hydrogen-bond acceptors (Lipinski definition) is 8. The summed E-state index contributed by atoms with van der Waals surface area (Å²) in [5, 5.41) is 0.185. The van der Waals surface area contributed by atoms with Gasteiger partial charge in [-0.2, -0.15) is 0 Å². The van der Waals surface area contributed by atoms with E-state index in [2.05, 4.69) is 33.8 Å². The summed E-state index contributed by atoms with van der Waals surface area (Å²) in [6, 6.07) is 4.18. The van der Waals surface area contributed by atoms with E-state index in [4.69, 9.17) is 23.5 Å². The SMILES string of the molecule is C[C@@H](Sc1ccc([C@@H]2C[C@@H]2B2O[C@H]3C[C@H]4C[C@H](C4(C)C)[C@]3(C)O2)c2c1C(=O)OC(C)(C)O2)C1CN(C(=O)OC(C)(C)C)C1. The number of cyclic esters (lactones) is 1. The molecule has 8 rings (SSSR count). The predicted molar refractivity (Wildman–Crippen MR) is 164 cm³/mol. The molecule has 4 aliphatic carbocycles. The number of esters is 1. The fourth-order valence-corrected chi connectivity index (χ4v) is 9.56. The van der Waals surface area contributed by atoms with Gasteiger partial charge in [-0.1, -0.05) is 26.8 Å². The standard InChI is InChI=1S/C33H46BNO7S/c1-17(18-15-35(16-18)29(37)40-30(2,3)4)43-23-11-10-20(27-26(23)28(36)39-32(7,8)38-27)21-14-22(21)34-41-25-13-19-12-24(31(19,5)6)33(25,9)42-34/h10-11,17-19,21-22,24-25H,12-16H2,1-9H3/t17-,19-,21+,22+,24-,25+,33+/m1/s1. The number of carbonyl (C=O) groups is 2. The molecule has 1 amide bonds. The van der Waals surface area contributed by atoms with Crippen molar-refractivity contribution >= 4 is 30.9 Å². The highest BCUT2D eigenvalue weighted by molar-refractivity contribution is 8.00. The summed E-state index contributed by atoms with van der Waals surface area (Å²) < 4.78 is 31.1. The first-order valence-corrected chi connectivity index (χ1v) is 16.9. The summed E-state index contributed by atoms with van der Waals surface area (Å²) in [5.74, 6) is 1.24. The molecule has 8 nitrogen and oxygen atoms in total. The van der Waals surface area contributed by atoms with Crippen LogP contribution in [0.5, 0.6) is 5.75 Å². The number of hydrogen-bond donors (Lipinski definition) is 0. The van der Waals surface area contributed by atoms with E-state index >= 15 is 0 Å². The van der Waals surface area contributed by atoms with Gasteiger partial charge in [0.2, 0.25) is 5.79 Å². The first kappa shape index (κ1) is 29.8. The molecule has 4 saturated carbocycles. The quantitative estimate of drug-likeness (QED) is 0.202. The molecule has 7 atom stereocenters.